The fourth-order valence-electron chi connectivity index (χ4n) is 2.45. The van der Waals surface area contributed by atoms with Crippen molar-refractivity contribution in [2.45, 2.75) is 32.1 Å². The maximum Gasteiger partial charge on any atom is 0.0399 e. The van der Waals surface area contributed by atoms with Crippen LogP contribution >= 0.6 is 0 Å². The first-order chi connectivity index (χ1) is 6.83. The van der Waals surface area contributed by atoms with Gasteiger partial charge >= 0.3 is 0 Å². The Hall–Kier alpha value is -0.980. The summed E-state index contributed by atoms with van der Waals surface area (Å²) in [4.78, 5) is 2.38. The zero-order valence-corrected chi connectivity index (χ0v) is 9.16. The topological polar surface area (TPSA) is 3.24 Å². The predicted octanol–water partition coefficient (Wildman–Crippen LogP) is 3.41. The Labute approximate surface area is 86.7 Å². The molecule has 14 heavy (non-hydrogen) atoms. The van der Waals surface area contributed by atoms with Crippen LogP contribution in [0, 0.1) is 0 Å². The molecule has 0 saturated heterocycles. The standard InChI is InChI=1S/C13H19N/c1-3-6-11-9-10-14(2)13-8-5-4-7-12(11)13/h4-5,7-8,11H,3,6,9-10H2,1-2H3. The van der Waals surface area contributed by atoms with E-state index in [9.17, 15) is 0 Å². The summed E-state index contributed by atoms with van der Waals surface area (Å²) in [6.07, 6.45) is 3.95. The molecule has 76 valence electrons. The molecule has 1 aromatic carbocycles. The molecule has 0 saturated carbocycles. The Morgan fingerprint density at radius 1 is 1.36 bits per heavy atom. The van der Waals surface area contributed by atoms with E-state index in [4.69, 9.17) is 0 Å². The first-order valence-corrected chi connectivity index (χ1v) is 5.63. The summed E-state index contributed by atoms with van der Waals surface area (Å²) in [7, 11) is 2.20. The number of fused-ring (bicyclic) bond motifs is 1. The molecule has 1 aliphatic heterocycles. The van der Waals surface area contributed by atoms with Crippen molar-refractivity contribution < 1.29 is 0 Å². The minimum Gasteiger partial charge on any atom is -0.374 e. The van der Waals surface area contributed by atoms with Gasteiger partial charge in [0.05, 0.1) is 0 Å². The minimum absolute atomic E-state index is 0.799. The van der Waals surface area contributed by atoms with Gasteiger partial charge in [-0.2, -0.15) is 0 Å². The van der Waals surface area contributed by atoms with Gasteiger partial charge in [0, 0.05) is 19.3 Å². The van der Waals surface area contributed by atoms with E-state index < -0.39 is 0 Å². The summed E-state index contributed by atoms with van der Waals surface area (Å²) in [5, 5.41) is 0. The van der Waals surface area contributed by atoms with Crippen LogP contribution in [0.25, 0.3) is 0 Å². The Morgan fingerprint density at radius 2 is 2.14 bits per heavy atom. The van der Waals surface area contributed by atoms with E-state index in [1.54, 1.807) is 5.56 Å². The lowest BCUT2D eigenvalue weighted by molar-refractivity contribution is 0.547. The molecule has 1 aromatic rings. The first-order valence-electron chi connectivity index (χ1n) is 5.63. The molecule has 2 rings (SSSR count). The molecule has 1 heterocycles. The third-order valence-electron chi connectivity index (χ3n) is 3.24. The third-order valence-corrected chi connectivity index (χ3v) is 3.24. The van der Waals surface area contributed by atoms with Crippen LogP contribution in [-0.2, 0) is 0 Å². The van der Waals surface area contributed by atoms with Crippen LogP contribution in [0.4, 0.5) is 5.69 Å². The van der Waals surface area contributed by atoms with Crippen molar-refractivity contribution in [2.24, 2.45) is 0 Å². The average Bonchev–Trinajstić information content (AvgIpc) is 2.23. The van der Waals surface area contributed by atoms with Crippen molar-refractivity contribution in [3.05, 3.63) is 29.8 Å². The lowest BCUT2D eigenvalue weighted by atomic mass is 9.87. The van der Waals surface area contributed by atoms with Gasteiger partial charge in [-0.05, 0) is 30.4 Å². The molecule has 0 aliphatic carbocycles. The second kappa shape index (κ2) is 4.04. The quantitative estimate of drug-likeness (QED) is 0.689. The summed E-state index contributed by atoms with van der Waals surface area (Å²) in [6, 6.07) is 8.85. The molecule has 1 nitrogen and oxygen atoms in total. The molecule has 1 unspecified atom stereocenters. The van der Waals surface area contributed by atoms with E-state index in [1.165, 1.54) is 31.5 Å². The van der Waals surface area contributed by atoms with Crippen LogP contribution < -0.4 is 4.90 Å². The molecule has 0 N–H and O–H groups in total. The van der Waals surface area contributed by atoms with Gasteiger partial charge in [-0.15, -0.1) is 0 Å². The number of para-hydroxylation sites is 1. The average molecular weight is 189 g/mol. The Balaban J connectivity index is 2.31. The summed E-state index contributed by atoms with van der Waals surface area (Å²) in [5.74, 6) is 0.799. The van der Waals surface area contributed by atoms with Gasteiger partial charge in [0.1, 0.15) is 0 Å². The van der Waals surface area contributed by atoms with Gasteiger partial charge in [0.15, 0.2) is 0 Å². The maximum atomic E-state index is 2.38. The summed E-state index contributed by atoms with van der Waals surface area (Å²) in [5.41, 5.74) is 3.00. The van der Waals surface area contributed by atoms with Crippen molar-refractivity contribution >= 4 is 5.69 Å². The van der Waals surface area contributed by atoms with Crippen LogP contribution in [0.5, 0.6) is 0 Å². The Kier molecular flexibility index (Phi) is 2.76. The van der Waals surface area contributed by atoms with E-state index in [2.05, 4.69) is 43.1 Å². The Morgan fingerprint density at radius 3 is 2.93 bits per heavy atom. The molecule has 0 spiro atoms. The number of benzene rings is 1. The van der Waals surface area contributed by atoms with Crippen LogP contribution in [0.1, 0.15) is 37.7 Å². The van der Waals surface area contributed by atoms with Crippen molar-refractivity contribution in [1.82, 2.24) is 0 Å². The van der Waals surface area contributed by atoms with Gasteiger partial charge in [-0.25, -0.2) is 0 Å². The number of anilines is 1. The largest absolute Gasteiger partial charge is 0.374 e. The molecule has 0 aromatic heterocycles. The maximum absolute atomic E-state index is 2.38. The predicted molar refractivity (Wildman–Crippen MR) is 62.0 cm³/mol. The molecular formula is C13H19N. The van der Waals surface area contributed by atoms with Gasteiger partial charge in [-0.1, -0.05) is 31.5 Å². The SMILES string of the molecule is CCCC1CCN(C)c2ccccc21. The van der Waals surface area contributed by atoms with E-state index >= 15 is 0 Å². The van der Waals surface area contributed by atoms with Crippen LogP contribution in [-0.4, -0.2) is 13.6 Å². The van der Waals surface area contributed by atoms with Gasteiger partial charge in [0.2, 0.25) is 0 Å². The fraction of sp³-hybridized carbons (Fsp3) is 0.538. The molecule has 0 radical (unpaired) electrons. The molecule has 1 atom stereocenters. The lowest BCUT2D eigenvalue weighted by Gasteiger charge is -2.33. The third kappa shape index (κ3) is 1.63. The van der Waals surface area contributed by atoms with Gasteiger partial charge in [-0.3, -0.25) is 0 Å². The smallest absolute Gasteiger partial charge is 0.0399 e. The normalized spacial score (nSPS) is 20.7. The number of hydrogen-bond acceptors (Lipinski definition) is 1. The highest BCUT2D eigenvalue weighted by atomic mass is 15.1. The molecule has 0 bridgehead atoms. The molecule has 1 heteroatoms. The Bertz CT molecular complexity index is 306. The highest BCUT2D eigenvalue weighted by molar-refractivity contribution is 5.56. The second-order valence-corrected chi connectivity index (χ2v) is 4.25. The summed E-state index contributed by atoms with van der Waals surface area (Å²) >= 11 is 0. The fourth-order valence-corrected chi connectivity index (χ4v) is 2.45. The van der Waals surface area contributed by atoms with E-state index in [0.717, 1.165) is 5.92 Å². The van der Waals surface area contributed by atoms with Gasteiger partial charge < -0.3 is 4.90 Å². The first kappa shape index (κ1) is 9.57. The van der Waals surface area contributed by atoms with Crippen LogP contribution in [0.3, 0.4) is 0 Å². The number of hydrogen-bond donors (Lipinski definition) is 0. The highest BCUT2D eigenvalue weighted by Crippen LogP contribution is 2.36. The highest BCUT2D eigenvalue weighted by Gasteiger charge is 2.21. The molecule has 1 aliphatic rings. The van der Waals surface area contributed by atoms with Crippen molar-refractivity contribution in [1.29, 1.82) is 0 Å². The second-order valence-electron chi connectivity index (χ2n) is 4.25. The molecular weight excluding hydrogens is 170 g/mol. The van der Waals surface area contributed by atoms with Crippen molar-refractivity contribution in [3.8, 4) is 0 Å². The minimum atomic E-state index is 0.799. The van der Waals surface area contributed by atoms with Crippen molar-refractivity contribution in [3.63, 3.8) is 0 Å². The van der Waals surface area contributed by atoms with E-state index in [1.807, 2.05) is 0 Å². The lowest BCUT2D eigenvalue weighted by Crippen LogP contribution is -2.27. The van der Waals surface area contributed by atoms with Gasteiger partial charge in [0.25, 0.3) is 0 Å². The van der Waals surface area contributed by atoms with E-state index in [-0.39, 0.29) is 0 Å². The molecule has 0 fully saturated rings. The summed E-state index contributed by atoms with van der Waals surface area (Å²) < 4.78 is 0. The number of nitrogens with zero attached hydrogens (tertiary/aromatic N) is 1. The number of rotatable bonds is 2. The van der Waals surface area contributed by atoms with Crippen molar-refractivity contribution in [2.75, 3.05) is 18.5 Å². The van der Waals surface area contributed by atoms with Crippen LogP contribution in [0.15, 0.2) is 24.3 Å². The molecule has 0 amide bonds. The monoisotopic (exact) mass is 189 g/mol. The van der Waals surface area contributed by atoms with E-state index in [0.29, 0.717) is 0 Å². The summed E-state index contributed by atoms with van der Waals surface area (Å²) in [6.45, 7) is 3.49. The zero-order valence-electron chi connectivity index (χ0n) is 9.16. The van der Waals surface area contributed by atoms with Crippen LogP contribution in [0.2, 0.25) is 0 Å². The zero-order chi connectivity index (χ0) is 9.97.